The molecule has 0 saturated carbocycles. The summed E-state index contributed by atoms with van der Waals surface area (Å²) in [5.41, 5.74) is 0.558. The summed E-state index contributed by atoms with van der Waals surface area (Å²) in [7, 11) is -1.97. The predicted octanol–water partition coefficient (Wildman–Crippen LogP) is 1.99. The van der Waals surface area contributed by atoms with Gasteiger partial charge in [0.15, 0.2) is 0 Å². The van der Waals surface area contributed by atoms with Gasteiger partial charge in [0, 0.05) is 13.7 Å². The summed E-state index contributed by atoms with van der Waals surface area (Å²) in [6.07, 6.45) is 0.390. The molecule has 5 nitrogen and oxygen atoms in total. The van der Waals surface area contributed by atoms with Gasteiger partial charge in [0.25, 0.3) is 0 Å². The Hall–Kier alpha value is -1.29. The molecule has 1 aromatic rings. The van der Waals surface area contributed by atoms with Crippen molar-refractivity contribution in [3.63, 3.8) is 0 Å². The van der Waals surface area contributed by atoms with E-state index in [0.29, 0.717) is 18.6 Å². The fourth-order valence-electron chi connectivity index (χ4n) is 1.28. The number of ether oxygens (including phenoxy) is 1. The summed E-state index contributed by atoms with van der Waals surface area (Å²) < 4.78 is 30.6. The van der Waals surface area contributed by atoms with Crippen LogP contribution in [-0.4, -0.2) is 27.9 Å². The van der Waals surface area contributed by atoms with Crippen LogP contribution < -0.4 is 4.72 Å². The van der Waals surface area contributed by atoms with Crippen molar-refractivity contribution in [1.29, 1.82) is 5.26 Å². The molecule has 7 heteroatoms. The van der Waals surface area contributed by atoms with E-state index in [1.807, 2.05) is 6.07 Å². The summed E-state index contributed by atoms with van der Waals surface area (Å²) >= 11 is 5.86. The Labute approximate surface area is 111 Å². The van der Waals surface area contributed by atoms with E-state index in [1.165, 1.54) is 25.3 Å². The van der Waals surface area contributed by atoms with Crippen molar-refractivity contribution in [2.24, 2.45) is 0 Å². The lowest BCUT2D eigenvalue weighted by molar-refractivity contribution is 0.199. The van der Waals surface area contributed by atoms with E-state index in [2.05, 4.69) is 4.72 Å². The number of anilines is 1. The highest BCUT2D eigenvalue weighted by atomic mass is 35.5. The smallest absolute Gasteiger partial charge is 0.232 e. The monoisotopic (exact) mass is 288 g/mol. The number of nitrogens with zero attached hydrogens (tertiary/aromatic N) is 1. The van der Waals surface area contributed by atoms with Crippen LogP contribution in [0.25, 0.3) is 0 Å². The molecule has 0 spiro atoms. The first-order chi connectivity index (χ1) is 8.48. The third-order valence-electron chi connectivity index (χ3n) is 2.12. The first-order valence-corrected chi connectivity index (χ1v) is 7.20. The van der Waals surface area contributed by atoms with Gasteiger partial charge in [-0.1, -0.05) is 11.6 Å². The topological polar surface area (TPSA) is 79.2 Å². The van der Waals surface area contributed by atoms with Crippen LogP contribution in [0.15, 0.2) is 18.2 Å². The minimum absolute atomic E-state index is 0.0616. The average molecular weight is 289 g/mol. The van der Waals surface area contributed by atoms with E-state index in [9.17, 15) is 8.42 Å². The minimum Gasteiger partial charge on any atom is -0.385 e. The maximum Gasteiger partial charge on any atom is 0.232 e. The third-order valence-corrected chi connectivity index (χ3v) is 3.81. The van der Waals surface area contributed by atoms with Crippen LogP contribution in [-0.2, 0) is 14.8 Å². The van der Waals surface area contributed by atoms with E-state index >= 15 is 0 Å². The molecule has 0 aliphatic heterocycles. The zero-order valence-electron chi connectivity index (χ0n) is 9.81. The molecule has 0 radical (unpaired) electrons. The van der Waals surface area contributed by atoms with E-state index < -0.39 is 10.0 Å². The third kappa shape index (κ3) is 4.53. The molecular formula is C11H13ClN2O3S. The summed E-state index contributed by atoms with van der Waals surface area (Å²) in [6.45, 7) is 0.368. The van der Waals surface area contributed by atoms with Crippen molar-refractivity contribution in [2.75, 3.05) is 24.2 Å². The van der Waals surface area contributed by atoms with Crippen LogP contribution in [0, 0.1) is 11.3 Å². The number of nitriles is 1. The van der Waals surface area contributed by atoms with Gasteiger partial charge in [0.05, 0.1) is 28.1 Å². The van der Waals surface area contributed by atoms with Gasteiger partial charge in [-0.05, 0) is 24.6 Å². The van der Waals surface area contributed by atoms with Crippen molar-refractivity contribution < 1.29 is 13.2 Å². The minimum atomic E-state index is -3.48. The molecule has 18 heavy (non-hydrogen) atoms. The molecule has 1 rings (SSSR count). The van der Waals surface area contributed by atoms with Crippen molar-refractivity contribution in [3.05, 3.63) is 28.8 Å². The molecule has 0 fully saturated rings. The lowest BCUT2D eigenvalue weighted by Crippen LogP contribution is -2.18. The largest absolute Gasteiger partial charge is 0.385 e. The van der Waals surface area contributed by atoms with Gasteiger partial charge >= 0.3 is 0 Å². The Morgan fingerprint density at radius 2 is 2.22 bits per heavy atom. The summed E-state index contributed by atoms with van der Waals surface area (Å²) in [5.74, 6) is -0.0616. The maximum atomic E-state index is 11.7. The zero-order valence-corrected chi connectivity index (χ0v) is 11.4. The Bertz CT molecular complexity index is 552. The molecule has 98 valence electrons. The fraction of sp³-hybridized carbons (Fsp3) is 0.364. The van der Waals surface area contributed by atoms with Crippen molar-refractivity contribution in [3.8, 4) is 6.07 Å². The number of methoxy groups -OCH3 is 1. The first-order valence-electron chi connectivity index (χ1n) is 5.17. The van der Waals surface area contributed by atoms with E-state index in [1.54, 1.807) is 0 Å². The van der Waals surface area contributed by atoms with Gasteiger partial charge in [0.1, 0.15) is 0 Å². The second-order valence-corrected chi connectivity index (χ2v) is 5.82. The number of sulfonamides is 1. The highest BCUT2D eigenvalue weighted by molar-refractivity contribution is 7.92. The number of nitrogens with one attached hydrogen (secondary N) is 1. The zero-order chi connectivity index (χ0) is 13.6. The highest BCUT2D eigenvalue weighted by Crippen LogP contribution is 2.23. The SMILES string of the molecule is COCCCS(=O)(=O)Nc1cc(C#N)ccc1Cl. The normalized spacial score (nSPS) is 10.9. The van der Waals surface area contributed by atoms with Gasteiger partial charge in [-0.25, -0.2) is 8.42 Å². The summed E-state index contributed by atoms with van der Waals surface area (Å²) in [4.78, 5) is 0. The first kappa shape index (κ1) is 14.8. The van der Waals surface area contributed by atoms with Crippen LogP contribution >= 0.6 is 11.6 Å². The van der Waals surface area contributed by atoms with Gasteiger partial charge in [-0.3, -0.25) is 4.72 Å². The summed E-state index contributed by atoms with van der Waals surface area (Å²) in [5, 5.41) is 8.99. The second-order valence-electron chi connectivity index (χ2n) is 3.57. The van der Waals surface area contributed by atoms with Crippen LogP contribution in [0.1, 0.15) is 12.0 Å². The Morgan fingerprint density at radius 3 is 2.83 bits per heavy atom. The number of rotatable bonds is 6. The van der Waals surface area contributed by atoms with Gasteiger partial charge in [-0.15, -0.1) is 0 Å². The molecule has 0 bridgehead atoms. The highest BCUT2D eigenvalue weighted by Gasteiger charge is 2.12. The number of hydrogen-bond acceptors (Lipinski definition) is 4. The second kappa shape index (κ2) is 6.59. The Kier molecular flexibility index (Phi) is 5.41. The molecule has 0 saturated heterocycles. The maximum absolute atomic E-state index is 11.7. The fourth-order valence-corrected chi connectivity index (χ4v) is 2.61. The van der Waals surface area contributed by atoms with E-state index in [0.717, 1.165) is 0 Å². The molecule has 0 aromatic heterocycles. The standard InChI is InChI=1S/C11H13ClN2O3S/c1-17-5-2-6-18(15,16)14-11-7-9(8-13)3-4-10(11)12/h3-4,7,14H,2,5-6H2,1H3. The quantitative estimate of drug-likeness (QED) is 0.812. The molecule has 0 aliphatic rings. The van der Waals surface area contributed by atoms with Crippen molar-refractivity contribution in [2.45, 2.75) is 6.42 Å². The number of benzene rings is 1. The lowest BCUT2D eigenvalue weighted by atomic mass is 10.2. The van der Waals surface area contributed by atoms with Crippen LogP contribution in [0.5, 0.6) is 0 Å². The van der Waals surface area contributed by atoms with Crippen LogP contribution in [0.4, 0.5) is 5.69 Å². The predicted molar refractivity (Wildman–Crippen MR) is 70.1 cm³/mol. The van der Waals surface area contributed by atoms with Crippen LogP contribution in [0.3, 0.4) is 0 Å². The van der Waals surface area contributed by atoms with Crippen molar-refractivity contribution >= 4 is 27.3 Å². The van der Waals surface area contributed by atoms with E-state index in [4.69, 9.17) is 21.6 Å². The number of hydrogen-bond donors (Lipinski definition) is 1. The average Bonchev–Trinajstić information content (AvgIpc) is 2.32. The Balaban J connectivity index is 2.81. The molecule has 1 N–H and O–H groups in total. The number of halogens is 1. The molecular weight excluding hydrogens is 276 g/mol. The van der Waals surface area contributed by atoms with Crippen molar-refractivity contribution in [1.82, 2.24) is 0 Å². The molecule has 0 amide bonds. The lowest BCUT2D eigenvalue weighted by Gasteiger charge is -2.09. The summed E-state index contributed by atoms with van der Waals surface area (Å²) in [6, 6.07) is 6.32. The van der Waals surface area contributed by atoms with Gasteiger partial charge in [0.2, 0.25) is 10.0 Å². The van der Waals surface area contributed by atoms with Crippen LogP contribution in [0.2, 0.25) is 5.02 Å². The molecule has 0 unspecified atom stereocenters. The van der Waals surface area contributed by atoms with E-state index in [-0.39, 0.29) is 16.5 Å². The molecule has 1 aromatic carbocycles. The Morgan fingerprint density at radius 1 is 1.50 bits per heavy atom. The molecule has 0 aliphatic carbocycles. The molecule has 0 atom stereocenters. The van der Waals surface area contributed by atoms with Gasteiger partial charge < -0.3 is 4.74 Å². The van der Waals surface area contributed by atoms with Gasteiger partial charge in [-0.2, -0.15) is 5.26 Å². The molecule has 0 heterocycles.